The van der Waals surface area contributed by atoms with Gasteiger partial charge in [-0.3, -0.25) is 0 Å². The third-order valence-corrected chi connectivity index (χ3v) is 2.49. The van der Waals surface area contributed by atoms with Crippen LogP contribution in [0.4, 0.5) is 0 Å². The molecule has 0 amide bonds. The molecular weight excluding hydrogens is 138 g/mol. The van der Waals surface area contributed by atoms with Gasteiger partial charge in [0.2, 0.25) is 0 Å². The lowest BCUT2D eigenvalue weighted by molar-refractivity contribution is 0.273. The average Bonchev–Trinajstić information content (AvgIpc) is 2.29. The van der Waals surface area contributed by atoms with E-state index in [0.717, 1.165) is 11.7 Å². The van der Waals surface area contributed by atoms with Gasteiger partial charge in [0.1, 0.15) is 12.2 Å². The van der Waals surface area contributed by atoms with Crippen molar-refractivity contribution in [3.63, 3.8) is 0 Å². The topological polar surface area (TPSA) is 30.7 Å². The van der Waals surface area contributed by atoms with Gasteiger partial charge in [-0.2, -0.15) is 0 Å². The van der Waals surface area contributed by atoms with Crippen LogP contribution in [-0.2, 0) is 7.05 Å². The van der Waals surface area contributed by atoms with Crippen molar-refractivity contribution in [3.8, 4) is 0 Å². The molecule has 0 aliphatic heterocycles. The van der Waals surface area contributed by atoms with Gasteiger partial charge in [-0.15, -0.1) is 10.2 Å². The number of aryl methyl sites for hydroxylation is 1. The lowest BCUT2D eigenvalue weighted by Crippen LogP contribution is -2.21. The standard InChI is InChI=1S/C8H13N3/c1-6-3-7(4-6)8-10-9-5-11(8)2/h5-7H,3-4H2,1-2H3. The fourth-order valence-corrected chi connectivity index (χ4v) is 1.77. The summed E-state index contributed by atoms with van der Waals surface area (Å²) in [6.07, 6.45) is 4.34. The first-order valence-electron chi connectivity index (χ1n) is 4.11. The van der Waals surface area contributed by atoms with E-state index in [1.165, 1.54) is 12.8 Å². The molecule has 1 saturated carbocycles. The van der Waals surface area contributed by atoms with E-state index < -0.39 is 0 Å². The number of rotatable bonds is 1. The van der Waals surface area contributed by atoms with Gasteiger partial charge in [-0.25, -0.2) is 0 Å². The van der Waals surface area contributed by atoms with E-state index >= 15 is 0 Å². The van der Waals surface area contributed by atoms with Crippen molar-refractivity contribution in [1.29, 1.82) is 0 Å². The van der Waals surface area contributed by atoms with Gasteiger partial charge in [0, 0.05) is 13.0 Å². The van der Waals surface area contributed by atoms with Gasteiger partial charge in [-0.1, -0.05) is 6.92 Å². The maximum atomic E-state index is 4.09. The zero-order valence-corrected chi connectivity index (χ0v) is 6.99. The molecule has 0 aromatic carbocycles. The monoisotopic (exact) mass is 151 g/mol. The second-order valence-electron chi connectivity index (χ2n) is 3.57. The molecule has 3 heteroatoms. The molecule has 11 heavy (non-hydrogen) atoms. The van der Waals surface area contributed by atoms with Crippen LogP contribution in [0.1, 0.15) is 31.5 Å². The number of nitrogens with zero attached hydrogens (tertiary/aromatic N) is 3. The van der Waals surface area contributed by atoms with Crippen LogP contribution in [-0.4, -0.2) is 14.8 Å². The highest BCUT2D eigenvalue weighted by Gasteiger charge is 2.29. The summed E-state index contributed by atoms with van der Waals surface area (Å²) in [6.45, 7) is 2.28. The molecule has 0 unspecified atom stereocenters. The Kier molecular flexibility index (Phi) is 1.44. The zero-order valence-electron chi connectivity index (χ0n) is 6.99. The molecule has 0 bridgehead atoms. The maximum Gasteiger partial charge on any atom is 0.135 e. The summed E-state index contributed by atoms with van der Waals surface area (Å²) >= 11 is 0. The highest BCUT2D eigenvalue weighted by molar-refractivity contribution is 5.01. The van der Waals surface area contributed by atoms with E-state index in [1.54, 1.807) is 6.33 Å². The van der Waals surface area contributed by atoms with Crippen molar-refractivity contribution in [2.24, 2.45) is 13.0 Å². The van der Waals surface area contributed by atoms with E-state index in [9.17, 15) is 0 Å². The van der Waals surface area contributed by atoms with E-state index in [1.807, 2.05) is 11.6 Å². The molecule has 0 saturated heterocycles. The third-order valence-electron chi connectivity index (χ3n) is 2.49. The van der Waals surface area contributed by atoms with Crippen molar-refractivity contribution in [2.75, 3.05) is 0 Å². The maximum absolute atomic E-state index is 4.09. The summed E-state index contributed by atoms with van der Waals surface area (Å²) in [5.74, 6) is 2.72. The molecule has 2 rings (SSSR count). The molecule has 0 radical (unpaired) electrons. The summed E-state index contributed by atoms with van der Waals surface area (Å²) in [5.41, 5.74) is 0. The lowest BCUT2D eigenvalue weighted by Gasteiger charge is -2.31. The van der Waals surface area contributed by atoms with E-state index in [2.05, 4.69) is 17.1 Å². The molecule has 0 atom stereocenters. The number of hydrogen-bond donors (Lipinski definition) is 0. The fourth-order valence-electron chi connectivity index (χ4n) is 1.77. The van der Waals surface area contributed by atoms with Gasteiger partial charge in [-0.05, 0) is 18.8 Å². The molecule has 1 fully saturated rings. The van der Waals surface area contributed by atoms with Crippen LogP contribution < -0.4 is 0 Å². The van der Waals surface area contributed by atoms with Crippen molar-refractivity contribution < 1.29 is 0 Å². The Labute approximate surface area is 66.4 Å². The molecule has 1 heterocycles. The van der Waals surface area contributed by atoms with E-state index in [0.29, 0.717) is 5.92 Å². The first kappa shape index (κ1) is 6.83. The van der Waals surface area contributed by atoms with Crippen molar-refractivity contribution in [3.05, 3.63) is 12.2 Å². The minimum absolute atomic E-state index is 0.678. The van der Waals surface area contributed by atoms with Gasteiger partial charge in [0.05, 0.1) is 0 Å². The fraction of sp³-hybridized carbons (Fsp3) is 0.750. The predicted molar refractivity (Wildman–Crippen MR) is 42.1 cm³/mol. The Morgan fingerprint density at radius 2 is 2.27 bits per heavy atom. The first-order valence-corrected chi connectivity index (χ1v) is 4.11. The molecule has 0 N–H and O–H groups in total. The number of aromatic nitrogens is 3. The lowest BCUT2D eigenvalue weighted by atomic mass is 9.76. The van der Waals surface area contributed by atoms with Crippen molar-refractivity contribution in [1.82, 2.24) is 14.8 Å². The smallest absolute Gasteiger partial charge is 0.135 e. The van der Waals surface area contributed by atoms with Gasteiger partial charge in [0.25, 0.3) is 0 Å². The van der Waals surface area contributed by atoms with Crippen molar-refractivity contribution in [2.45, 2.75) is 25.7 Å². The van der Waals surface area contributed by atoms with Crippen LogP contribution in [0.3, 0.4) is 0 Å². The highest BCUT2D eigenvalue weighted by atomic mass is 15.2. The van der Waals surface area contributed by atoms with Gasteiger partial charge < -0.3 is 4.57 Å². The quantitative estimate of drug-likeness (QED) is 0.606. The van der Waals surface area contributed by atoms with Gasteiger partial charge in [0.15, 0.2) is 0 Å². The summed E-state index contributed by atoms with van der Waals surface area (Å²) in [7, 11) is 2.01. The molecule has 1 aliphatic rings. The summed E-state index contributed by atoms with van der Waals surface area (Å²) < 4.78 is 2.02. The van der Waals surface area contributed by atoms with Crippen molar-refractivity contribution >= 4 is 0 Å². The van der Waals surface area contributed by atoms with E-state index in [4.69, 9.17) is 0 Å². The molecule has 1 aromatic heterocycles. The highest BCUT2D eigenvalue weighted by Crippen LogP contribution is 2.39. The SMILES string of the molecule is CC1CC(c2nncn2C)C1. The zero-order chi connectivity index (χ0) is 7.84. The van der Waals surface area contributed by atoms with Crippen LogP contribution in [0, 0.1) is 5.92 Å². The van der Waals surface area contributed by atoms with E-state index in [-0.39, 0.29) is 0 Å². The predicted octanol–water partition coefficient (Wildman–Crippen LogP) is 1.33. The second kappa shape index (κ2) is 2.32. The summed E-state index contributed by atoms with van der Waals surface area (Å²) in [4.78, 5) is 0. The van der Waals surface area contributed by atoms with Crippen LogP contribution in [0.15, 0.2) is 6.33 Å². The molecule has 3 nitrogen and oxygen atoms in total. The second-order valence-corrected chi connectivity index (χ2v) is 3.57. The largest absolute Gasteiger partial charge is 0.320 e. The Bertz CT molecular complexity index is 248. The normalized spacial score (nSPS) is 30.0. The van der Waals surface area contributed by atoms with Crippen LogP contribution >= 0.6 is 0 Å². The average molecular weight is 151 g/mol. The summed E-state index contributed by atoms with van der Waals surface area (Å²) in [6, 6.07) is 0. The molecular formula is C8H13N3. The minimum Gasteiger partial charge on any atom is -0.320 e. The Morgan fingerprint density at radius 3 is 2.73 bits per heavy atom. The molecule has 0 spiro atoms. The molecule has 1 aliphatic carbocycles. The van der Waals surface area contributed by atoms with Crippen LogP contribution in [0.5, 0.6) is 0 Å². The Balaban J connectivity index is 2.12. The molecule has 60 valence electrons. The Hall–Kier alpha value is -0.860. The third kappa shape index (κ3) is 1.04. The van der Waals surface area contributed by atoms with Crippen LogP contribution in [0.25, 0.3) is 0 Å². The first-order chi connectivity index (χ1) is 5.27. The Morgan fingerprint density at radius 1 is 1.55 bits per heavy atom. The molecule has 1 aromatic rings. The minimum atomic E-state index is 0.678. The van der Waals surface area contributed by atoms with Gasteiger partial charge >= 0.3 is 0 Å². The summed E-state index contributed by atoms with van der Waals surface area (Å²) in [5, 5.41) is 7.95. The van der Waals surface area contributed by atoms with Crippen LogP contribution in [0.2, 0.25) is 0 Å². The number of hydrogen-bond acceptors (Lipinski definition) is 2.